The molecule has 350 valence electrons. The topological polar surface area (TPSA) is 78.9 Å². The maximum Gasteiger partial charge on any atom is 0.306 e. The van der Waals surface area contributed by atoms with Crippen molar-refractivity contribution in [3.63, 3.8) is 0 Å². The van der Waals surface area contributed by atoms with E-state index in [4.69, 9.17) is 14.2 Å². The van der Waals surface area contributed by atoms with Gasteiger partial charge in [-0.2, -0.15) is 0 Å². The van der Waals surface area contributed by atoms with Gasteiger partial charge in [0.15, 0.2) is 6.10 Å². The molecule has 1 unspecified atom stereocenters. The minimum absolute atomic E-state index is 0.0754. The predicted octanol–water partition coefficient (Wildman–Crippen LogP) is 16.9. The van der Waals surface area contributed by atoms with E-state index >= 15 is 0 Å². The number of ether oxygens (including phenoxy) is 3. The average Bonchev–Trinajstić information content (AvgIpc) is 3.24. The standard InChI is InChI=1S/C54H98O6/c1-4-7-10-13-16-19-22-24-26-27-29-30-32-35-38-41-44-47-53(56)59-50-51(49-58-52(55)46-43-40-37-34-21-18-15-12-9-6-3)60-54(57)48-45-42-39-36-33-31-28-25-23-20-17-14-11-8-5-2/h16,19,24-26,28,51H,4-15,17-18,20-23,27,29-50H2,1-3H3/b19-16-,26-24-,28-25-. The Balaban J connectivity index is 4.34. The van der Waals surface area contributed by atoms with Crippen molar-refractivity contribution in [1.29, 1.82) is 0 Å². The van der Waals surface area contributed by atoms with Crippen LogP contribution in [-0.4, -0.2) is 37.2 Å². The van der Waals surface area contributed by atoms with E-state index in [2.05, 4.69) is 57.2 Å². The summed E-state index contributed by atoms with van der Waals surface area (Å²) in [5.74, 6) is -0.884. The van der Waals surface area contributed by atoms with E-state index in [1.807, 2.05) is 0 Å². The van der Waals surface area contributed by atoms with Crippen LogP contribution >= 0.6 is 0 Å². The van der Waals surface area contributed by atoms with E-state index in [-0.39, 0.29) is 31.1 Å². The fraction of sp³-hybridized carbons (Fsp3) is 0.833. The van der Waals surface area contributed by atoms with Gasteiger partial charge in [-0.05, 0) is 77.0 Å². The Morgan fingerprint density at radius 1 is 0.333 bits per heavy atom. The van der Waals surface area contributed by atoms with Gasteiger partial charge >= 0.3 is 17.9 Å². The summed E-state index contributed by atoms with van der Waals surface area (Å²) in [6.45, 7) is 6.60. The molecule has 0 aliphatic heterocycles. The van der Waals surface area contributed by atoms with Gasteiger partial charge in [-0.25, -0.2) is 0 Å². The first-order chi connectivity index (χ1) is 29.5. The summed E-state index contributed by atoms with van der Waals surface area (Å²) in [6.07, 6.45) is 56.9. The van der Waals surface area contributed by atoms with E-state index in [0.717, 1.165) is 77.0 Å². The van der Waals surface area contributed by atoms with Crippen LogP contribution in [-0.2, 0) is 28.6 Å². The van der Waals surface area contributed by atoms with Gasteiger partial charge in [0.25, 0.3) is 0 Å². The lowest BCUT2D eigenvalue weighted by Crippen LogP contribution is -2.30. The van der Waals surface area contributed by atoms with Gasteiger partial charge in [0.05, 0.1) is 0 Å². The molecule has 0 N–H and O–H groups in total. The molecule has 6 heteroatoms. The zero-order valence-electron chi connectivity index (χ0n) is 40.0. The van der Waals surface area contributed by atoms with Crippen molar-refractivity contribution in [3.05, 3.63) is 36.5 Å². The number of carbonyl (C=O) groups is 3. The zero-order valence-corrected chi connectivity index (χ0v) is 40.0. The molecule has 0 amide bonds. The number of rotatable bonds is 47. The SMILES string of the molecule is CCCCC/C=C\C/C=C\CCCCCCCCCC(=O)OCC(COC(=O)CCCCCCCCCCCC)OC(=O)CCCCCCC/C=C\CCCCCCCC. The van der Waals surface area contributed by atoms with Crippen LogP contribution in [0.2, 0.25) is 0 Å². The molecular weight excluding hydrogens is 745 g/mol. The molecule has 60 heavy (non-hydrogen) atoms. The van der Waals surface area contributed by atoms with Gasteiger partial charge in [-0.15, -0.1) is 0 Å². The Kier molecular flexibility index (Phi) is 47.3. The first kappa shape index (κ1) is 57.6. The van der Waals surface area contributed by atoms with E-state index < -0.39 is 6.10 Å². The van der Waals surface area contributed by atoms with Gasteiger partial charge in [-0.1, -0.05) is 211 Å². The lowest BCUT2D eigenvalue weighted by molar-refractivity contribution is -0.167. The Morgan fingerprint density at radius 3 is 0.967 bits per heavy atom. The highest BCUT2D eigenvalue weighted by atomic mass is 16.6. The molecule has 0 aromatic rings. The lowest BCUT2D eigenvalue weighted by Gasteiger charge is -2.18. The fourth-order valence-electron chi connectivity index (χ4n) is 7.41. The van der Waals surface area contributed by atoms with Gasteiger partial charge in [-0.3, -0.25) is 14.4 Å². The second-order valence-corrected chi connectivity index (χ2v) is 17.4. The third kappa shape index (κ3) is 46.7. The van der Waals surface area contributed by atoms with Gasteiger partial charge in [0.1, 0.15) is 13.2 Å². The minimum atomic E-state index is -0.775. The van der Waals surface area contributed by atoms with Crippen LogP contribution in [0.3, 0.4) is 0 Å². The summed E-state index contributed by atoms with van der Waals surface area (Å²) >= 11 is 0. The molecule has 0 spiro atoms. The van der Waals surface area contributed by atoms with Crippen molar-refractivity contribution in [2.45, 2.75) is 277 Å². The molecule has 0 aromatic carbocycles. The largest absolute Gasteiger partial charge is 0.462 e. The summed E-state index contributed by atoms with van der Waals surface area (Å²) in [6, 6.07) is 0. The molecule has 0 fully saturated rings. The maximum atomic E-state index is 12.8. The number of esters is 3. The van der Waals surface area contributed by atoms with Crippen molar-refractivity contribution in [3.8, 4) is 0 Å². The third-order valence-corrected chi connectivity index (χ3v) is 11.4. The highest BCUT2D eigenvalue weighted by Crippen LogP contribution is 2.15. The van der Waals surface area contributed by atoms with E-state index in [1.165, 1.54) is 154 Å². The van der Waals surface area contributed by atoms with Crippen LogP contribution in [0.15, 0.2) is 36.5 Å². The molecule has 6 nitrogen and oxygen atoms in total. The Bertz CT molecular complexity index is 1020. The number of carbonyl (C=O) groups excluding carboxylic acids is 3. The molecular formula is C54H98O6. The average molecular weight is 843 g/mol. The molecule has 0 saturated heterocycles. The number of hydrogen-bond donors (Lipinski definition) is 0. The quantitative estimate of drug-likeness (QED) is 0.0263. The third-order valence-electron chi connectivity index (χ3n) is 11.4. The van der Waals surface area contributed by atoms with Crippen molar-refractivity contribution in [1.82, 2.24) is 0 Å². The molecule has 0 bridgehead atoms. The Morgan fingerprint density at radius 2 is 0.600 bits per heavy atom. The maximum absolute atomic E-state index is 12.8. The second kappa shape index (κ2) is 49.3. The molecule has 0 heterocycles. The highest BCUT2D eigenvalue weighted by molar-refractivity contribution is 5.71. The van der Waals surface area contributed by atoms with E-state index in [1.54, 1.807) is 0 Å². The van der Waals surface area contributed by atoms with Gasteiger partial charge < -0.3 is 14.2 Å². The van der Waals surface area contributed by atoms with Crippen molar-refractivity contribution in [2.75, 3.05) is 13.2 Å². The summed E-state index contributed by atoms with van der Waals surface area (Å²) < 4.78 is 16.8. The van der Waals surface area contributed by atoms with Crippen molar-refractivity contribution in [2.24, 2.45) is 0 Å². The first-order valence-electron chi connectivity index (χ1n) is 26.0. The van der Waals surface area contributed by atoms with Crippen LogP contribution in [0.1, 0.15) is 271 Å². The van der Waals surface area contributed by atoms with Crippen LogP contribution < -0.4 is 0 Å². The fourth-order valence-corrected chi connectivity index (χ4v) is 7.41. The minimum Gasteiger partial charge on any atom is -0.462 e. The summed E-state index contributed by atoms with van der Waals surface area (Å²) in [4.78, 5) is 37.9. The first-order valence-corrected chi connectivity index (χ1v) is 26.0. The second-order valence-electron chi connectivity index (χ2n) is 17.4. The molecule has 0 radical (unpaired) electrons. The highest BCUT2D eigenvalue weighted by Gasteiger charge is 2.19. The van der Waals surface area contributed by atoms with Crippen LogP contribution in [0.4, 0.5) is 0 Å². The smallest absolute Gasteiger partial charge is 0.306 e. The van der Waals surface area contributed by atoms with Gasteiger partial charge in [0, 0.05) is 19.3 Å². The van der Waals surface area contributed by atoms with Crippen molar-refractivity contribution < 1.29 is 28.6 Å². The molecule has 1 atom stereocenters. The molecule has 0 aromatic heterocycles. The van der Waals surface area contributed by atoms with Crippen LogP contribution in [0.5, 0.6) is 0 Å². The van der Waals surface area contributed by atoms with Gasteiger partial charge in [0.2, 0.25) is 0 Å². The normalized spacial score (nSPS) is 12.2. The van der Waals surface area contributed by atoms with E-state index in [9.17, 15) is 14.4 Å². The number of allylic oxidation sites excluding steroid dienone is 6. The monoisotopic (exact) mass is 843 g/mol. The summed E-state index contributed by atoms with van der Waals surface area (Å²) in [5, 5.41) is 0. The molecule has 0 aliphatic carbocycles. The number of hydrogen-bond acceptors (Lipinski definition) is 6. The molecule has 0 rings (SSSR count). The Labute approximate surface area is 372 Å². The summed E-state index contributed by atoms with van der Waals surface area (Å²) in [7, 11) is 0. The predicted molar refractivity (Wildman–Crippen MR) is 256 cm³/mol. The van der Waals surface area contributed by atoms with Crippen molar-refractivity contribution >= 4 is 17.9 Å². The zero-order chi connectivity index (χ0) is 43.7. The molecule has 0 saturated carbocycles. The number of unbranched alkanes of at least 4 members (excludes halogenated alkanes) is 30. The Hall–Kier alpha value is -2.37. The van der Waals surface area contributed by atoms with Crippen LogP contribution in [0.25, 0.3) is 0 Å². The van der Waals surface area contributed by atoms with E-state index in [0.29, 0.717) is 19.3 Å². The molecule has 0 aliphatic rings. The van der Waals surface area contributed by atoms with Crippen LogP contribution in [0, 0.1) is 0 Å². The lowest BCUT2D eigenvalue weighted by atomic mass is 10.1. The summed E-state index contributed by atoms with van der Waals surface area (Å²) in [5.41, 5.74) is 0.